The van der Waals surface area contributed by atoms with Gasteiger partial charge in [-0.3, -0.25) is 80.9 Å². The Balaban J connectivity index is 0.00000170. The molecule has 3 saturated heterocycles. The third-order valence-electron chi connectivity index (χ3n) is 16.3. The van der Waals surface area contributed by atoms with Crippen LogP contribution in [0.5, 0.6) is 0 Å². The first-order valence-corrected chi connectivity index (χ1v) is 44.3. The maximum atomic E-state index is 15.1. The van der Waals surface area contributed by atoms with Gasteiger partial charge in [-0.1, -0.05) is 20.8 Å². The zero-order valence-electron chi connectivity index (χ0n) is 78.9. The van der Waals surface area contributed by atoms with Gasteiger partial charge in [0.25, 0.3) is 16.7 Å². The molecule has 127 heavy (non-hydrogen) atoms. The number of aliphatic hydroxyl groups excluding tert-OH is 4. The van der Waals surface area contributed by atoms with Gasteiger partial charge < -0.3 is 72.9 Å². The SMILES string of the molecule is CC(C)(C)C(=O)OCOP(=O)(O)OCOC(=O)C(C)(C)C.CC(C)(C)C(=O)OCOP(=O)(OCOC(=O)C(C)(C)C)OC[C@@]1(CCl)O[C@@H](n2ccc(=O)[nH]c2=O)[C@H](F)[C@@H]1O.CCN(CC)CC.[2H][C@H]1[C@@H](F)[C@H](n2ccc(=O)[nH]c2=O)O[C@@]1(CO)CCl.[2H][C@H]1[C@@H](F)[C@H](n2ccc(=O)[nH]c2=O)O[C@]1(CCl)COP(=O)(OCOC(=O)C(C)(C)C)OCOC(=O)C(C)(C)C.[3H]OC.[3H]OC. The molecule has 0 aliphatic carbocycles. The Hall–Kier alpha value is -6.47. The van der Waals surface area contributed by atoms with E-state index in [2.05, 4.69) is 54.4 Å². The molecule has 53 heteroatoms. The molecule has 8 N–H and O–H groups in total. The summed E-state index contributed by atoms with van der Waals surface area (Å²) >= 11 is 17.6. The number of nitrogens with zero attached hydrogens (tertiary/aromatic N) is 4. The van der Waals surface area contributed by atoms with E-state index in [0.717, 1.165) is 45.9 Å². The molecule has 12 atom stereocenters. The van der Waals surface area contributed by atoms with Crippen molar-refractivity contribution in [1.82, 2.24) is 33.6 Å². The van der Waals surface area contributed by atoms with Gasteiger partial charge in [-0.15, -0.1) is 34.8 Å². The number of carbonyl (C=O) groups excluding carboxylic acids is 6. The summed E-state index contributed by atoms with van der Waals surface area (Å²) in [6.07, 6.45) is -13.2. The van der Waals surface area contributed by atoms with E-state index in [1.54, 1.807) is 125 Å². The number of hydrogen-bond donors (Lipinski definition) is 8. The number of H-pyrrole nitrogens is 3. The number of carbonyl (C=O) groups is 6. The first-order valence-electron chi connectivity index (χ1n) is 40.2. The topological polar surface area (TPSA) is 580 Å². The zero-order chi connectivity index (χ0) is 102. The van der Waals surface area contributed by atoms with Crippen LogP contribution in [0.4, 0.5) is 13.2 Å². The van der Waals surface area contributed by atoms with Gasteiger partial charge in [-0.2, -0.15) is 0 Å². The summed E-state index contributed by atoms with van der Waals surface area (Å²) in [5.41, 5.74) is -15.8. The minimum absolute atomic E-state index is 0.285. The molecule has 0 aromatic carbocycles. The van der Waals surface area contributed by atoms with Crippen LogP contribution in [0, 0.1) is 32.5 Å². The lowest BCUT2D eigenvalue weighted by Gasteiger charge is -2.30. The number of alkyl halides is 6. The van der Waals surface area contributed by atoms with Crippen molar-refractivity contribution < 1.29 is 163 Å². The highest BCUT2D eigenvalue weighted by atomic mass is 35.5. The molecule has 3 aromatic heterocycles. The molecule has 0 radical (unpaired) electrons. The van der Waals surface area contributed by atoms with Crippen LogP contribution in [-0.2, 0) is 121 Å². The van der Waals surface area contributed by atoms with Crippen molar-refractivity contribution in [3.05, 3.63) is 99.3 Å². The number of aromatic nitrogens is 6. The monoisotopic (exact) mass is 1960 g/mol. The van der Waals surface area contributed by atoms with Gasteiger partial charge in [0.2, 0.25) is 43.6 Å². The maximum Gasteiger partial charge on any atom is 0.480 e. The summed E-state index contributed by atoms with van der Waals surface area (Å²) in [6.45, 7) is 31.2. The number of rotatable bonds is 34. The number of aliphatic hydroxyl groups is 4. The van der Waals surface area contributed by atoms with Crippen LogP contribution < -0.4 is 33.7 Å². The molecule has 6 heterocycles. The van der Waals surface area contributed by atoms with Gasteiger partial charge in [0.05, 0.1) is 70.0 Å². The number of phosphoric ester groups is 3. The molecular formula is C74H124Cl3F3N7O37P3. The Labute approximate surface area is 752 Å². The zero-order valence-corrected chi connectivity index (χ0v) is 79.8. The second-order valence-corrected chi connectivity index (χ2v) is 38.6. The van der Waals surface area contributed by atoms with Crippen molar-refractivity contribution in [2.75, 3.05) is 112 Å². The number of hydrogen-bond acceptors (Lipinski definition) is 37. The summed E-state index contributed by atoms with van der Waals surface area (Å²) in [7, 11) is -11.3. The van der Waals surface area contributed by atoms with Crippen LogP contribution in [0.2, 0.25) is 0 Å². The smallest absolute Gasteiger partial charge is 0.437 e. The van der Waals surface area contributed by atoms with Crippen molar-refractivity contribution in [3.63, 3.8) is 0 Å². The number of phosphoric acid groups is 3. The number of nitrogens with one attached hydrogen (secondary N) is 3. The summed E-state index contributed by atoms with van der Waals surface area (Å²) in [5, 5.41) is 26.8. The minimum Gasteiger partial charge on any atom is -0.437 e. The van der Waals surface area contributed by atoms with E-state index < -0.39 is 271 Å². The van der Waals surface area contributed by atoms with Gasteiger partial charge in [-0.25, -0.2) is 68.4 Å². The van der Waals surface area contributed by atoms with E-state index in [-0.39, 0.29) is 5.88 Å². The number of esters is 6. The Morgan fingerprint density at radius 2 is 0.740 bits per heavy atom. The molecule has 6 rings (SSSR count). The van der Waals surface area contributed by atoms with E-state index in [9.17, 15) is 90.7 Å². The average molecular weight is 1970 g/mol. The van der Waals surface area contributed by atoms with Crippen LogP contribution in [0.3, 0.4) is 0 Å². The highest BCUT2D eigenvalue weighted by Crippen LogP contribution is 2.54. The Morgan fingerprint density at radius 3 is 0.976 bits per heavy atom. The second kappa shape index (κ2) is 53.3. The molecule has 734 valence electrons. The first-order chi connectivity index (χ1) is 60.1. The van der Waals surface area contributed by atoms with Crippen molar-refractivity contribution in [3.8, 4) is 0 Å². The molecule has 3 aliphatic rings. The van der Waals surface area contributed by atoms with E-state index in [4.69, 9.17) is 101 Å². The summed E-state index contributed by atoms with van der Waals surface area (Å²) in [4.78, 5) is 158. The predicted octanol–water partition coefficient (Wildman–Crippen LogP) is 7.56. The average Bonchev–Trinajstić information content (AvgIpc) is 1.62. The lowest BCUT2D eigenvalue weighted by molar-refractivity contribution is -0.166. The van der Waals surface area contributed by atoms with Crippen LogP contribution in [-0.4, -0.2) is 251 Å². The molecule has 0 bridgehead atoms. The Kier molecular flexibility index (Phi) is 47.3. The third kappa shape index (κ3) is 40.7. The van der Waals surface area contributed by atoms with Crippen molar-refractivity contribution in [2.45, 2.75) is 218 Å². The van der Waals surface area contributed by atoms with E-state index in [1.165, 1.54) is 33.9 Å². The molecule has 0 saturated carbocycles. The highest BCUT2D eigenvalue weighted by Gasteiger charge is 2.58. The van der Waals surface area contributed by atoms with Crippen LogP contribution in [0.1, 0.15) is 180 Å². The predicted molar refractivity (Wildman–Crippen MR) is 447 cm³/mol. The van der Waals surface area contributed by atoms with Gasteiger partial charge in [0.15, 0.2) is 24.9 Å². The van der Waals surface area contributed by atoms with Crippen LogP contribution >= 0.6 is 58.3 Å². The quantitative estimate of drug-likeness (QED) is 0.00939. The molecule has 44 nitrogen and oxygen atoms in total. The maximum absolute atomic E-state index is 15.1. The third-order valence-corrected chi connectivity index (χ3v) is 21.1. The van der Waals surface area contributed by atoms with Crippen molar-refractivity contribution in [2.24, 2.45) is 32.5 Å². The van der Waals surface area contributed by atoms with Gasteiger partial charge in [0, 0.05) is 66.5 Å². The van der Waals surface area contributed by atoms with E-state index >= 15 is 8.78 Å². The Morgan fingerprint density at radius 1 is 0.480 bits per heavy atom. The lowest BCUT2D eigenvalue weighted by atomic mass is 9.98. The normalized spacial score (nSPS) is 22.9. The fourth-order valence-corrected chi connectivity index (χ4v) is 12.1. The molecule has 0 unspecified atom stereocenters. The minimum atomic E-state index is -4.74. The number of halogens is 6. The number of ether oxygens (including phenoxy) is 9. The van der Waals surface area contributed by atoms with Crippen LogP contribution in [0.15, 0.2) is 65.6 Å². The first kappa shape index (κ1) is 113. The second-order valence-electron chi connectivity index (χ2n) is 33.0. The van der Waals surface area contributed by atoms with E-state index in [0.29, 0.717) is 4.57 Å². The number of aromatic amines is 3. The summed E-state index contributed by atoms with van der Waals surface area (Å²) < 4.78 is 197. The largest absolute Gasteiger partial charge is 0.480 e. The standard InChI is InChI=1S/C22H33ClFN2O12P.C22H33ClFN2O11P.C12H23O8P.C10H12ClFN2O4.C6H15N.2CH4O/c1-20(2,3)17(29)33-11-36-39(32,37-12-34-18(30)21(4,5)6)35-10-22(9-23)15(28)14(24)16(38-22)26-8-7-13(27)25-19(26)31;1-20(2,3)17(28)32-12-35-38(31,36-13-33-18(29)21(4,5)6)34-11-22(10-23)9-14(24)16(37-22)26-8-7-15(27)25-19(26)30;1-11(2,3)9(13)17-7-19-21(15,16)20-8-18-10(14)12(4,5)6;11-4-10(5-15)3-6(12)8(18-10)14-2-1-7(16)13-9(14)17;1-4-7(5-2)6-3;2*1-2/h7-8,14-16,28H,9-12H2,1-6H3,(H,25,27,31);7-8,14,16H,9-13H2,1-6H3,(H,25,27,30);7-8H2,1-6H3,(H,15,16);1-2,6,8,15H,3-5H2,(H,13,16,17);4-6H2,1-3H3;2*2H,1H3/t14-,15+,16-,22-;14-,16-,22-;;6-,8-,10-;;;/m11.1.../s1/i;9D;;3D;;2*2T/t;9-,14+,16+,22+;;3-,6+,8+,10+;;;/m.0.0.... The molecule has 0 amide bonds. The fraction of sp³-hybridized carbons (Fsp3) is 0.757. The molecule has 0 spiro atoms. The lowest BCUT2D eigenvalue weighted by Crippen LogP contribution is -2.47. The van der Waals surface area contributed by atoms with Gasteiger partial charge in [0.1, 0.15) is 35.3 Å². The molecule has 3 aromatic rings. The Bertz CT molecular complexity index is 4310. The molecule has 3 fully saturated rings. The summed E-state index contributed by atoms with van der Waals surface area (Å²) in [5.74, 6) is -5.50. The molecule has 3 aliphatic heterocycles. The van der Waals surface area contributed by atoms with Gasteiger partial charge >= 0.3 is 76.4 Å². The molecular weight excluding hydrogens is 1840 g/mol. The van der Waals surface area contributed by atoms with Gasteiger partial charge in [-0.05, 0) is 144 Å². The van der Waals surface area contributed by atoms with E-state index in [1.807, 2.05) is 15.0 Å². The fourth-order valence-electron chi connectivity index (χ4n) is 8.92. The summed E-state index contributed by atoms with van der Waals surface area (Å²) in [6, 6.07) is 2.94. The van der Waals surface area contributed by atoms with Crippen LogP contribution in [0.25, 0.3) is 0 Å². The van der Waals surface area contributed by atoms with Crippen molar-refractivity contribution in [1.29, 1.82) is 2.86 Å². The van der Waals surface area contributed by atoms with Crippen molar-refractivity contribution >= 4 is 94.1 Å². The highest BCUT2D eigenvalue weighted by molar-refractivity contribution is 7.48.